The molecule has 1 aliphatic heterocycles. The van der Waals surface area contributed by atoms with E-state index < -0.39 is 0 Å². The maximum Gasteiger partial charge on any atom is 0.258 e. The smallest absolute Gasteiger partial charge is 0.258 e. The summed E-state index contributed by atoms with van der Waals surface area (Å²) in [6, 6.07) is 12.2. The average Bonchev–Trinajstić information content (AvgIpc) is 2.70. The van der Waals surface area contributed by atoms with Gasteiger partial charge in [0, 0.05) is 41.9 Å². The second-order valence-corrected chi connectivity index (χ2v) is 8.64. The van der Waals surface area contributed by atoms with Gasteiger partial charge in [-0.2, -0.15) is 0 Å². The SMILES string of the molecule is CCSc1cc(-c2cc(=O)n3cc(N4CCC(N)CC4)ccc3n2)ccc1C. The third-order valence-corrected chi connectivity index (χ3v) is 6.37. The first-order valence-corrected chi connectivity index (χ1v) is 10.8. The third-order valence-electron chi connectivity index (χ3n) is 5.33. The van der Waals surface area contributed by atoms with Gasteiger partial charge in [-0.25, -0.2) is 4.98 Å². The number of hydrogen-bond donors (Lipinski definition) is 1. The Balaban J connectivity index is 1.70. The highest BCUT2D eigenvalue weighted by molar-refractivity contribution is 7.99. The Morgan fingerprint density at radius 3 is 2.71 bits per heavy atom. The summed E-state index contributed by atoms with van der Waals surface area (Å²) in [6.07, 6.45) is 3.87. The number of benzene rings is 1. The summed E-state index contributed by atoms with van der Waals surface area (Å²) in [5.41, 5.74) is 10.6. The van der Waals surface area contributed by atoms with Crippen molar-refractivity contribution in [3.8, 4) is 11.3 Å². The Hall–Kier alpha value is -2.31. The van der Waals surface area contributed by atoms with Gasteiger partial charge in [0.2, 0.25) is 0 Å². The van der Waals surface area contributed by atoms with Gasteiger partial charge in [0.05, 0.1) is 11.4 Å². The zero-order valence-electron chi connectivity index (χ0n) is 16.4. The largest absolute Gasteiger partial charge is 0.370 e. The van der Waals surface area contributed by atoms with Crippen molar-refractivity contribution in [2.45, 2.75) is 37.6 Å². The predicted molar refractivity (Wildman–Crippen MR) is 117 cm³/mol. The van der Waals surface area contributed by atoms with Crippen LogP contribution in [0.5, 0.6) is 0 Å². The lowest BCUT2D eigenvalue weighted by molar-refractivity contribution is 0.501. The Labute approximate surface area is 169 Å². The second kappa shape index (κ2) is 7.97. The van der Waals surface area contributed by atoms with E-state index in [1.165, 1.54) is 10.5 Å². The van der Waals surface area contributed by atoms with E-state index in [1.54, 1.807) is 10.5 Å². The summed E-state index contributed by atoms with van der Waals surface area (Å²) >= 11 is 1.81. The van der Waals surface area contributed by atoms with Crippen molar-refractivity contribution in [1.82, 2.24) is 9.38 Å². The van der Waals surface area contributed by atoms with Gasteiger partial charge in [-0.05, 0) is 49.3 Å². The Morgan fingerprint density at radius 2 is 1.96 bits per heavy atom. The summed E-state index contributed by atoms with van der Waals surface area (Å²) in [5, 5.41) is 0. The number of rotatable bonds is 4. The van der Waals surface area contributed by atoms with E-state index in [-0.39, 0.29) is 11.6 Å². The average molecular weight is 395 g/mol. The van der Waals surface area contributed by atoms with Crippen LogP contribution in [0, 0.1) is 6.92 Å². The maximum atomic E-state index is 12.8. The van der Waals surface area contributed by atoms with E-state index in [0.29, 0.717) is 5.65 Å². The molecule has 0 unspecified atom stereocenters. The van der Waals surface area contributed by atoms with Crippen LogP contribution < -0.4 is 16.2 Å². The second-order valence-electron chi connectivity index (χ2n) is 7.33. The molecule has 3 heterocycles. The minimum atomic E-state index is -0.0548. The quantitative estimate of drug-likeness (QED) is 0.684. The topological polar surface area (TPSA) is 63.6 Å². The van der Waals surface area contributed by atoms with E-state index >= 15 is 0 Å². The van der Waals surface area contributed by atoms with Crippen molar-refractivity contribution >= 4 is 23.1 Å². The molecule has 5 nitrogen and oxygen atoms in total. The van der Waals surface area contributed by atoms with E-state index in [1.807, 2.05) is 30.1 Å². The first-order valence-electron chi connectivity index (χ1n) is 9.83. The lowest BCUT2D eigenvalue weighted by Crippen LogP contribution is -2.39. The molecule has 0 atom stereocenters. The molecule has 1 saturated heterocycles. The van der Waals surface area contributed by atoms with E-state index in [4.69, 9.17) is 10.7 Å². The Bertz CT molecular complexity index is 1050. The Kier molecular flexibility index (Phi) is 5.42. The molecule has 2 aromatic heterocycles. The lowest BCUT2D eigenvalue weighted by atomic mass is 10.1. The van der Waals surface area contributed by atoms with Crippen LogP contribution in [-0.2, 0) is 0 Å². The van der Waals surface area contributed by atoms with Crippen LogP contribution in [0.25, 0.3) is 16.9 Å². The molecule has 2 N–H and O–H groups in total. The van der Waals surface area contributed by atoms with Crippen molar-refractivity contribution in [2.75, 3.05) is 23.7 Å². The molecule has 1 aliphatic rings. The molecule has 6 heteroatoms. The normalized spacial score (nSPS) is 15.3. The van der Waals surface area contributed by atoms with Gasteiger partial charge in [0.25, 0.3) is 5.56 Å². The number of hydrogen-bond acceptors (Lipinski definition) is 5. The number of pyridine rings is 1. The number of piperidine rings is 1. The van der Waals surface area contributed by atoms with Crippen LogP contribution >= 0.6 is 11.8 Å². The molecule has 0 radical (unpaired) electrons. The zero-order valence-corrected chi connectivity index (χ0v) is 17.2. The number of nitrogens with zero attached hydrogens (tertiary/aromatic N) is 3. The summed E-state index contributed by atoms with van der Waals surface area (Å²) < 4.78 is 1.64. The fourth-order valence-electron chi connectivity index (χ4n) is 3.65. The molecule has 0 saturated carbocycles. The van der Waals surface area contributed by atoms with Crippen LogP contribution in [0.15, 0.2) is 52.3 Å². The molecule has 4 rings (SSSR count). The van der Waals surface area contributed by atoms with Crippen molar-refractivity contribution in [1.29, 1.82) is 0 Å². The fraction of sp³-hybridized carbons (Fsp3) is 0.364. The number of nitrogens with two attached hydrogens (primary N) is 1. The summed E-state index contributed by atoms with van der Waals surface area (Å²) in [6.45, 7) is 6.10. The highest BCUT2D eigenvalue weighted by atomic mass is 32.2. The van der Waals surface area contributed by atoms with Crippen LogP contribution in [0.4, 0.5) is 5.69 Å². The molecule has 0 bridgehead atoms. The van der Waals surface area contributed by atoms with Crippen molar-refractivity contribution in [2.24, 2.45) is 5.73 Å². The monoisotopic (exact) mass is 394 g/mol. The van der Waals surface area contributed by atoms with Crippen LogP contribution in [0.1, 0.15) is 25.3 Å². The van der Waals surface area contributed by atoms with Crippen LogP contribution in [0.3, 0.4) is 0 Å². The molecule has 0 spiro atoms. The highest BCUT2D eigenvalue weighted by Gasteiger charge is 2.17. The first-order chi connectivity index (χ1) is 13.5. The van der Waals surface area contributed by atoms with Gasteiger partial charge < -0.3 is 10.6 Å². The van der Waals surface area contributed by atoms with Gasteiger partial charge in [-0.15, -0.1) is 11.8 Å². The molecule has 3 aromatic rings. The van der Waals surface area contributed by atoms with Crippen LogP contribution in [0.2, 0.25) is 0 Å². The molecule has 28 heavy (non-hydrogen) atoms. The summed E-state index contributed by atoms with van der Waals surface area (Å²) in [4.78, 5) is 21.1. The minimum absolute atomic E-state index is 0.0548. The number of thioether (sulfide) groups is 1. The minimum Gasteiger partial charge on any atom is -0.370 e. The van der Waals surface area contributed by atoms with E-state index in [0.717, 1.165) is 48.6 Å². The molecule has 1 fully saturated rings. The third kappa shape index (κ3) is 3.80. The molecular weight excluding hydrogens is 368 g/mol. The number of anilines is 1. The van der Waals surface area contributed by atoms with Gasteiger partial charge in [0.1, 0.15) is 5.65 Å². The van der Waals surface area contributed by atoms with Crippen molar-refractivity contribution < 1.29 is 0 Å². The van der Waals surface area contributed by atoms with Crippen molar-refractivity contribution in [3.05, 3.63) is 58.5 Å². The van der Waals surface area contributed by atoms with Gasteiger partial charge in [-0.1, -0.05) is 19.1 Å². The summed E-state index contributed by atoms with van der Waals surface area (Å²) in [5.74, 6) is 1.02. The molecule has 0 amide bonds. The van der Waals surface area contributed by atoms with Gasteiger partial charge >= 0.3 is 0 Å². The highest BCUT2D eigenvalue weighted by Crippen LogP contribution is 2.28. The Morgan fingerprint density at radius 1 is 1.18 bits per heavy atom. The maximum absolute atomic E-state index is 12.8. The van der Waals surface area contributed by atoms with Gasteiger partial charge in [-0.3, -0.25) is 9.20 Å². The predicted octanol–water partition coefficient (Wildman–Crippen LogP) is 3.71. The number of fused-ring (bicyclic) bond motifs is 1. The molecular formula is C22H26N4OS. The fourth-order valence-corrected chi connectivity index (χ4v) is 4.47. The first kappa shape index (κ1) is 19.0. The van der Waals surface area contributed by atoms with Gasteiger partial charge in [0.15, 0.2) is 0 Å². The molecule has 1 aromatic carbocycles. The molecule has 146 valence electrons. The lowest BCUT2D eigenvalue weighted by Gasteiger charge is -2.32. The number of aryl methyl sites for hydroxylation is 1. The van der Waals surface area contributed by atoms with E-state index in [9.17, 15) is 4.79 Å². The molecule has 0 aliphatic carbocycles. The van der Waals surface area contributed by atoms with Crippen molar-refractivity contribution in [3.63, 3.8) is 0 Å². The summed E-state index contributed by atoms with van der Waals surface area (Å²) in [7, 11) is 0. The number of aromatic nitrogens is 2. The van der Waals surface area contributed by atoms with Crippen LogP contribution in [-0.4, -0.2) is 34.3 Å². The van der Waals surface area contributed by atoms with E-state index in [2.05, 4.69) is 36.9 Å². The zero-order chi connectivity index (χ0) is 19.7. The standard InChI is InChI=1S/C22H26N4OS/c1-3-28-20-12-16(5-4-15(20)2)19-13-22(27)26-14-18(6-7-21(26)24-19)25-10-8-17(23)9-11-25/h4-7,12-14,17H,3,8-11,23H2,1-2H3.